The summed E-state index contributed by atoms with van der Waals surface area (Å²) in [5.41, 5.74) is 0.878. The second-order valence-corrected chi connectivity index (χ2v) is 7.60. The zero-order valence-electron chi connectivity index (χ0n) is 17.0. The first-order chi connectivity index (χ1) is 13.6. The zero-order chi connectivity index (χ0) is 21.6. The van der Waals surface area contributed by atoms with Crippen molar-refractivity contribution in [2.75, 3.05) is 18.5 Å². The fraction of sp³-hybridized carbons (Fsp3) is 0.318. The van der Waals surface area contributed by atoms with Crippen LogP contribution in [-0.2, 0) is 14.3 Å². The zero-order valence-corrected chi connectivity index (χ0v) is 17.0. The number of amides is 2. The molecule has 0 atom stereocenters. The third-order valence-corrected chi connectivity index (χ3v) is 4.23. The number of carbonyl (C=O) groups excluding carboxylic acids is 3. The van der Waals surface area contributed by atoms with Gasteiger partial charge in [-0.1, -0.05) is 18.2 Å². The molecule has 0 spiro atoms. The van der Waals surface area contributed by atoms with Crippen LogP contribution in [0.1, 0.15) is 36.7 Å². The van der Waals surface area contributed by atoms with Gasteiger partial charge in [0.15, 0.2) is 6.61 Å². The van der Waals surface area contributed by atoms with E-state index in [0.29, 0.717) is 11.3 Å². The number of nitrogens with zero attached hydrogens (tertiary/aromatic N) is 1. The van der Waals surface area contributed by atoms with Gasteiger partial charge in [-0.15, -0.1) is 0 Å². The number of hydrogen-bond acceptors (Lipinski definition) is 4. The largest absolute Gasteiger partial charge is 0.452 e. The lowest BCUT2D eigenvalue weighted by Crippen LogP contribution is -2.50. The highest BCUT2D eigenvalue weighted by Gasteiger charge is 2.29. The molecule has 0 radical (unpaired) electrons. The molecule has 0 bridgehead atoms. The fourth-order valence-corrected chi connectivity index (χ4v) is 2.66. The number of nitrogens with one attached hydrogen (secondary N) is 1. The van der Waals surface area contributed by atoms with Crippen LogP contribution in [0.4, 0.5) is 10.1 Å². The van der Waals surface area contributed by atoms with Crippen molar-refractivity contribution in [1.29, 1.82) is 0 Å². The highest BCUT2D eigenvalue weighted by Crippen LogP contribution is 2.15. The number of anilines is 1. The molecule has 0 fully saturated rings. The molecule has 7 heteroatoms. The number of rotatable bonds is 6. The third-order valence-electron chi connectivity index (χ3n) is 4.23. The number of aryl methyl sites for hydroxylation is 1. The molecule has 1 N–H and O–H groups in total. The summed E-state index contributed by atoms with van der Waals surface area (Å²) in [6.07, 6.45) is 0. The van der Waals surface area contributed by atoms with Crippen molar-refractivity contribution in [2.24, 2.45) is 0 Å². The minimum absolute atomic E-state index is 0.234. The molecule has 0 aliphatic carbocycles. The van der Waals surface area contributed by atoms with E-state index in [0.717, 1.165) is 5.56 Å². The van der Waals surface area contributed by atoms with Gasteiger partial charge in [0.2, 0.25) is 5.91 Å². The Kier molecular flexibility index (Phi) is 7.09. The Morgan fingerprint density at radius 3 is 2.24 bits per heavy atom. The van der Waals surface area contributed by atoms with Crippen molar-refractivity contribution in [2.45, 2.75) is 33.2 Å². The smallest absolute Gasteiger partial charge is 0.338 e. The molecule has 0 aliphatic heterocycles. The fourth-order valence-electron chi connectivity index (χ4n) is 2.66. The second-order valence-electron chi connectivity index (χ2n) is 7.60. The first-order valence-electron chi connectivity index (χ1n) is 9.16. The van der Waals surface area contributed by atoms with Gasteiger partial charge >= 0.3 is 5.97 Å². The number of benzene rings is 2. The Hall–Kier alpha value is -3.22. The lowest BCUT2D eigenvalue weighted by molar-refractivity contribution is -0.142. The van der Waals surface area contributed by atoms with Gasteiger partial charge in [0.05, 0.1) is 5.56 Å². The molecule has 2 aromatic carbocycles. The van der Waals surface area contributed by atoms with Crippen molar-refractivity contribution >= 4 is 23.5 Å². The summed E-state index contributed by atoms with van der Waals surface area (Å²) in [6.45, 7) is 6.40. The summed E-state index contributed by atoms with van der Waals surface area (Å²) >= 11 is 0. The van der Waals surface area contributed by atoms with Gasteiger partial charge < -0.3 is 15.0 Å². The SMILES string of the molecule is Cc1ccccc1C(=O)OCC(=O)N(CC(=O)Nc1ccc(F)cc1)C(C)(C)C. The van der Waals surface area contributed by atoms with Crippen molar-refractivity contribution in [1.82, 2.24) is 4.90 Å². The van der Waals surface area contributed by atoms with E-state index in [1.54, 1.807) is 52.0 Å². The van der Waals surface area contributed by atoms with Crippen molar-refractivity contribution in [3.63, 3.8) is 0 Å². The molecule has 0 heterocycles. The average Bonchev–Trinajstić information content (AvgIpc) is 2.65. The summed E-state index contributed by atoms with van der Waals surface area (Å²) < 4.78 is 18.1. The van der Waals surface area contributed by atoms with Crippen LogP contribution in [0, 0.1) is 12.7 Å². The number of carbonyl (C=O) groups is 3. The molecule has 2 amide bonds. The van der Waals surface area contributed by atoms with Crippen LogP contribution >= 0.6 is 0 Å². The highest BCUT2D eigenvalue weighted by molar-refractivity contribution is 5.96. The minimum Gasteiger partial charge on any atom is -0.452 e. The molecule has 0 saturated carbocycles. The highest BCUT2D eigenvalue weighted by atomic mass is 19.1. The second kappa shape index (κ2) is 9.32. The molecule has 0 unspecified atom stereocenters. The maximum atomic E-state index is 13.0. The van der Waals surface area contributed by atoms with E-state index >= 15 is 0 Å². The summed E-state index contributed by atoms with van der Waals surface area (Å²) in [5, 5.41) is 2.62. The molecule has 29 heavy (non-hydrogen) atoms. The van der Waals surface area contributed by atoms with Crippen LogP contribution in [0.25, 0.3) is 0 Å². The number of hydrogen-bond donors (Lipinski definition) is 1. The summed E-state index contributed by atoms with van der Waals surface area (Å²) in [5.74, 6) is -1.94. The average molecular weight is 400 g/mol. The monoisotopic (exact) mass is 400 g/mol. The van der Waals surface area contributed by atoms with Gasteiger partial charge in [0.1, 0.15) is 12.4 Å². The van der Waals surface area contributed by atoms with Gasteiger partial charge in [0.25, 0.3) is 5.91 Å². The third kappa shape index (κ3) is 6.41. The summed E-state index contributed by atoms with van der Waals surface area (Å²) in [7, 11) is 0. The Labute approximate surface area is 169 Å². The van der Waals surface area contributed by atoms with Crippen molar-refractivity contribution < 1.29 is 23.5 Å². The van der Waals surface area contributed by atoms with E-state index in [2.05, 4.69) is 5.32 Å². The molecular weight excluding hydrogens is 375 g/mol. The van der Waals surface area contributed by atoms with Crippen LogP contribution in [-0.4, -0.2) is 41.4 Å². The summed E-state index contributed by atoms with van der Waals surface area (Å²) in [4.78, 5) is 38.6. The van der Waals surface area contributed by atoms with Gasteiger partial charge in [-0.3, -0.25) is 9.59 Å². The molecule has 0 aliphatic rings. The van der Waals surface area contributed by atoms with Gasteiger partial charge in [-0.05, 0) is 63.6 Å². The van der Waals surface area contributed by atoms with Crippen LogP contribution < -0.4 is 5.32 Å². The quantitative estimate of drug-likeness (QED) is 0.753. The van der Waals surface area contributed by atoms with Crippen LogP contribution in [0.15, 0.2) is 48.5 Å². The van der Waals surface area contributed by atoms with E-state index in [1.165, 1.54) is 29.2 Å². The van der Waals surface area contributed by atoms with Gasteiger partial charge in [0, 0.05) is 11.2 Å². The number of esters is 1. The molecular formula is C22H25FN2O4. The molecule has 2 rings (SSSR count). The Balaban J connectivity index is 2.00. The maximum absolute atomic E-state index is 13.0. The number of halogens is 1. The number of ether oxygens (including phenoxy) is 1. The van der Waals surface area contributed by atoms with Crippen LogP contribution in [0.3, 0.4) is 0 Å². The van der Waals surface area contributed by atoms with Crippen LogP contribution in [0.2, 0.25) is 0 Å². The molecule has 0 saturated heterocycles. The lowest BCUT2D eigenvalue weighted by atomic mass is 10.1. The first-order valence-corrected chi connectivity index (χ1v) is 9.16. The summed E-state index contributed by atoms with van der Waals surface area (Å²) in [6, 6.07) is 12.2. The minimum atomic E-state index is -0.674. The topological polar surface area (TPSA) is 75.7 Å². The van der Waals surface area contributed by atoms with E-state index in [1.807, 2.05) is 0 Å². The van der Waals surface area contributed by atoms with E-state index in [-0.39, 0.29) is 6.54 Å². The normalized spacial score (nSPS) is 10.9. The molecule has 0 aromatic heterocycles. The van der Waals surface area contributed by atoms with Crippen molar-refractivity contribution in [3.05, 3.63) is 65.5 Å². The van der Waals surface area contributed by atoms with Gasteiger partial charge in [-0.25, -0.2) is 9.18 Å². The van der Waals surface area contributed by atoms with Crippen LogP contribution in [0.5, 0.6) is 0 Å². The van der Waals surface area contributed by atoms with E-state index in [9.17, 15) is 18.8 Å². The Morgan fingerprint density at radius 2 is 1.66 bits per heavy atom. The molecule has 154 valence electrons. The van der Waals surface area contributed by atoms with Crippen molar-refractivity contribution in [3.8, 4) is 0 Å². The first kappa shape index (κ1) is 22.1. The lowest BCUT2D eigenvalue weighted by Gasteiger charge is -2.35. The Morgan fingerprint density at radius 1 is 1.03 bits per heavy atom. The standard InChI is InChI=1S/C22H25FN2O4/c1-15-7-5-6-8-18(15)21(28)29-14-20(27)25(22(2,3)4)13-19(26)24-17-11-9-16(23)10-12-17/h5-12H,13-14H2,1-4H3,(H,24,26). The predicted octanol–water partition coefficient (Wildman–Crippen LogP) is 3.56. The van der Waals surface area contributed by atoms with E-state index in [4.69, 9.17) is 4.74 Å². The molecule has 6 nitrogen and oxygen atoms in total. The predicted molar refractivity (Wildman–Crippen MR) is 108 cm³/mol. The Bertz CT molecular complexity index is 888. The van der Waals surface area contributed by atoms with E-state index < -0.39 is 35.7 Å². The van der Waals surface area contributed by atoms with Gasteiger partial charge in [-0.2, -0.15) is 0 Å². The molecule has 2 aromatic rings. The maximum Gasteiger partial charge on any atom is 0.338 e.